The number of hydrogen-bond donors (Lipinski definition) is 2. The molecule has 1 aliphatic rings. The minimum Gasteiger partial charge on any atom is -0.383 e. The Balaban J connectivity index is 0.00000300. The van der Waals surface area contributed by atoms with Gasteiger partial charge in [-0.3, -0.25) is 15.1 Å². The van der Waals surface area contributed by atoms with Crippen molar-refractivity contribution in [1.29, 1.82) is 0 Å². The molecule has 0 unspecified atom stereocenters. The molecule has 0 atom stereocenters. The van der Waals surface area contributed by atoms with Crippen LogP contribution in [0, 0.1) is 15.9 Å². The highest BCUT2D eigenvalue weighted by Crippen LogP contribution is 2.17. The number of anilines is 2. The zero-order chi connectivity index (χ0) is 19.9. The van der Waals surface area contributed by atoms with E-state index in [4.69, 9.17) is 5.73 Å². The molecule has 1 saturated heterocycles. The van der Waals surface area contributed by atoms with Gasteiger partial charge in [0.25, 0.3) is 5.69 Å². The van der Waals surface area contributed by atoms with E-state index >= 15 is 0 Å². The highest BCUT2D eigenvalue weighted by molar-refractivity contribution is 14.0. The highest BCUT2D eigenvalue weighted by atomic mass is 127. The van der Waals surface area contributed by atoms with Crippen LogP contribution in [0.3, 0.4) is 0 Å². The van der Waals surface area contributed by atoms with E-state index in [1.807, 2.05) is 4.90 Å². The predicted molar refractivity (Wildman–Crippen MR) is 124 cm³/mol. The number of nitro groups is 1. The molecule has 0 bridgehead atoms. The second kappa shape index (κ2) is 10.8. The van der Waals surface area contributed by atoms with Gasteiger partial charge in [-0.1, -0.05) is 0 Å². The third-order valence-corrected chi connectivity index (χ3v) is 4.59. The number of aliphatic imine (C=N–C) groups is 1. The lowest BCUT2D eigenvalue weighted by molar-refractivity contribution is -0.384. The van der Waals surface area contributed by atoms with Crippen molar-refractivity contribution in [2.75, 3.05) is 49.5 Å². The lowest BCUT2D eigenvalue weighted by Gasteiger charge is -2.36. The number of nitro benzene ring substituents is 1. The molecule has 0 saturated carbocycles. The van der Waals surface area contributed by atoms with Crippen molar-refractivity contribution in [3.63, 3.8) is 0 Å². The van der Waals surface area contributed by atoms with Crippen LogP contribution < -0.4 is 16.0 Å². The van der Waals surface area contributed by atoms with Crippen LogP contribution in [0.4, 0.5) is 21.5 Å². The van der Waals surface area contributed by atoms with E-state index in [1.54, 1.807) is 24.3 Å². The molecule has 1 fully saturated rings. The number of nitrogens with zero attached hydrogens (tertiary/aromatic N) is 4. The van der Waals surface area contributed by atoms with Gasteiger partial charge in [0.2, 0.25) is 0 Å². The predicted octanol–water partition coefficient (Wildman–Crippen LogP) is 2.90. The Kier molecular flexibility index (Phi) is 8.43. The van der Waals surface area contributed by atoms with Crippen molar-refractivity contribution in [1.82, 2.24) is 4.90 Å². The molecule has 0 amide bonds. The quantitative estimate of drug-likeness (QED) is 0.154. The third kappa shape index (κ3) is 6.44. The van der Waals surface area contributed by atoms with Gasteiger partial charge in [0, 0.05) is 56.2 Å². The lowest BCUT2D eigenvalue weighted by Crippen LogP contribution is -2.51. The van der Waals surface area contributed by atoms with Crippen LogP contribution in [0.1, 0.15) is 0 Å². The van der Waals surface area contributed by atoms with Crippen LogP contribution in [0.15, 0.2) is 53.5 Å². The molecule has 0 spiro atoms. The number of benzene rings is 2. The summed E-state index contributed by atoms with van der Waals surface area (Å²) in [7, 11) is 0. The molecule has 0 aliphatic carbocycles. The summed E-state index contributed by atoms with van der Waals surface area (Å²) in [6, 6.07) is 12.8. The van der Waals surface area contributed by atoms with E-state index in [0.717, 1.165) is 37.6 Å². The molecule has 156 valence electrons. The molecule has 1 aliphatic heterocycles. The SMILES string of the molecule is I.NC(=NCCNc1ccc([N+](=O)[O-])cc1)N1CCN(c2ccc(F)cc2)CC1. The topological polar surface area (TPSA) is 100 Å². The van der Waals surface area contributed by atoms with Crippen molar-refractivity contribution >= 4 is 47.0 Å². The fourth-order valence-electron chi connectivity index (χ4n) is 3.02. The van der Waals surface area contributed by atoms with Crippen LogP contribution in [0.5, 0.6) is 0 Å². The normalized spacial score (nSPS) is 14.3. The Bertz CT molecular complexity index is 824. The molecule has 1 heterocycles. The number of piperazine rings is 1. The van der Waals surface area contributed by atoms with E-state index < -0.39 is 4.92 Å². The first-order valence-corrected chi connectivity index (χ1v) is 9.06. The van der Waals surface area contributed by atoms with Crippen LogP contribution >= 0.6 is 24.0 Å². The molecule has 0 radical (unpaired) electrons. The minimum absolute atomic E-state index is 0. The zero-order valence-electron chi connectivity index (χ0n) is 15.8. The van der Waals surface area contributed by atoms with Gasteiger partial charge in [-0.2, -0.15) is 0 Å². The number of rotatable bonds is 6. The van der Waals surface area contributed by atoms with Crippen LogP contribution in [0.25, 0.3) is 0 Å². The second-order valence-electron chi connectivity index (χ2n) is 6.42. The van der Waals surface area contributed by atoms with Gasteiger partial charge in [-0.05, 0) is 36.4 Å². The van der Waals surface area contributed by atoms with Gasteiger partial charge < -0.3 is 20.9 Å². The number of non-ortho nitro benzene ring substituents is 1. The molecular formula is C19H24FIN6O2. The Morgan fingerprint density at radius 1 is 1.10 bits per heavy atom. The lowest BCUT2D eigenvalue weighted by atomic mass is 10.2. The summed E-state index contributed by atoms with van der Waals surface area (Å²) in [4.78, 5) is 18.8. The summed E-state index contributed by atoms with van der Waals surface area (Å²) < 4.78 is 13.0. The smallest absolute Gasteiger partial charge is 0.269 e. The molecule has 3 rings (SSSR count). The summed E-state index contributed by atoms with van der Waals surface area (Å²) in [5, 5.41) is 13.8. The molecule has 3 N–H and O–H groups in total. The third-order valence-electron chi connectivity index (χ3n) is 4.59. The Labute approximate surface area is 185 Å². The minimum atomic E-state index is -0.426. The van der Waals surface area contributed by atoms with E-state index in [1.165, 1.54) is 24.3 Å². The maximum Gasteiger partial charge on any atom is 0.269 e. The van der Waals surface area contributed by atoms with Gasteiger partial charge in [-0.25, -0.2) is 4.39 Å². The molecule has 8 nitrogen and oxygen atoms in total. The largest absolute Gasteiger partial charge is 0.383 e. The van der Waals surface area contributed by atoms with Crippen molar-refractivity contribution in [3.8, 4) is 0 Å². The number of nitrogens with two attached hydrogens (primary N) is 1. The summed E-state index contributed by atoms with van der Waals surface area (Å²) in [5.41, 5.74) is 7.95. The number of nitrogens with one attached hydrogen (secondary N) is 1. The average molecular weight is 514 g/mol. The maximum atomic E-state index is 13.0. The standard InChI is InChI=1S/C19H23FN6O2.HI/c20-15-1-5-17(6-2-15)24-11-13-25(14-12-24)19(21)23-10-9-22-16-3-7-18(8-4-16)26(27)28;/h1-8,22H,9-14H2,(H2,21,23);1H. The summed E-state index contributed by atoms with van der Waals surface area (Å²) in [5.74, 6) is 0.269. The van der Waals surface area contributed by atoms with Crippen LogP contribution in [-0.2, 0) is 0 Å². The van der Waals surface area contributed by atoms with E-state index in [0.29, 0.717) is 19.0 Å². The van der Waals surface area contributed by atoms with Gasteiger partial charge in [0.1, 0.15) is 5.82 Å². The van der Waals surface area contributed by atoms with Gasteiger partial charge in [-0.15, -0.1) is 24.0 Å². The Morgan fingerprint density at radius 3 is 2.31 bits per heavy atom. The summed E-state index contributed by atoms with van der Waals surface area (Å²) in [6.45, 7) is 4.17. The second-order valence-corrected chi connectivity index (χ2v) is 6.42. The molecule has 29 heavy (non-hydrogen) atoms. The number of hydrogen-bond acceptors (Lipinski definition) is 5. The van der Waals surface area contributed by atoms with E-state index in [-0.39, 0.29) is 35.5 Å². The zero-order valence-corrected chi connectivity index (χ0v) is 18.2. The monoisotopic (exact) mass is 514 g/mol. The first-order valence-electron chi connectivity index (χ1n) is 9.06. The van der Waals surface area contributed by atoms with Crippen molar-refractivity contribution in [2.24, 2.45) is 10.7 Å². The van der Waals surface area contributed by atoms with Crippen molar-refractivity contribution in [2.45, 2.75) is 0 Å². The molecule has 2 aromatic rings. The summed E-state index contributed by atoms with van der Waals surface area (Å²) in [6.07, 6.45) is 0. The number of guanidine groups is 1. The average Bonchev–Trinajstić information content (AvgIpc) is 2.72. The Hall–Kier alpha value is -2.63. The van der Waals surface area contributed by atoms with Crippen LogP contribution in [-0.4, -0.2) is 55.1 Å². The molecule has 10 heteroatoms. The van der Waals surface area contributed by atoms with Crippen molar-refractivity contribution < 1.29 is 9.31 Å². The fourth-order valence-corrected chi connectivity index (χ4v) is 3.02. The maximum absolute atomic E-state index is 13.0. The van der Waals surface area contributed by atoms with Crippen LogP contribution in [0.2, 0.25) is 0 Å². The first kappa shape index (κ1) is 22.7. The first-order chi connectivity index (χ1) is 13.5. The molecule has 2 aromatic carbocycles. The van der Waals surface area contributed by atoms with Gasteiger partial charge in [0.05, 0.1) is 11.5 Å². The fraction of sp³-hybridized carbons (Fsp3) is 0.316. The van der Waals surface area contributed by atoms with E-state index in [2.05, 4.69) is 15.2 Å². The van der Waals surface area contributed by atoms with Crippen molar-refractivity contribution in [3.05, 3.63) is 64.5 Å². The van der Waals surface area contributed by atoms with Gasteiger partial charge >= 0.3 is 0 Å². The molecule has 0 aromatic heterocycles. The van der Waals surface area contributed by atoms with E-state index in [9.17, 15) is 14.5 Å². The highest BCUT2D eigenvalue weighted by Gasteiger charge is 2.18. The molecular weight excluding hydrogens is 490 g/mol. The van der Waals surface area contributed by atoms with Gasteiger partial charge in [0.15, 0.2) is 5.96 Å². The number of halogens is 2. The summed E-state index contributed by atoms with van der Waals surface area (Å²) >= 11 is 0. The Morgan fingerprint density at radius 2 is 1.72 bits per heavy atom.